The summed E-state index contributed by atoms with van der Waals surface area (Å²) in [5.41, 5.74) is 8.63. The molecule has 8 aliphatic heterocycles. The summed E-state index contributed by atoms with van der Waals surface area (Å²) in [6, 6.07) is 11.0. The Labute approximate surface area is 732 Å². The van der Waals surface area contributed by atoms with Crippen LogP contribution in [0.3, 0.4) is 0 Å². The Balaban J connectivity index is 0.953. The standard InChI is InChI=1S/C85H95Cl2FN10O29/c1-33(2)20-48(91-5)76(111)97-64-66(104)37-9-18-52(46(86)22-37)121-54-24-39-25-55(73(54)126-84-71(109)69(107)74(57(32-99)124-84)127-83-70(108)68(106)67(105)56(123-83)31-92-30-35-6-13-42(14-7-35)120-43-15-11-40(88)12-16-43)122-53-19-10-38(23-47(53)87)72(125-59-29-85(4,90)75(110)34(3)119-59)65-81(116)96-63(82(117)118)45-26-41(100)27-51(102)60(45)44-21-36(8-17-50(44)101)61(78(113)98-65)95-79(114)62(39)94-77(112)49(28-58(89)103)93-80(64)115/h6-19,21-27,33-34,48-49,56-57,59,61-72,74-75,83-84,91-92,99-102,104-110H,20,28-32,90H2,1-5H3,(H2,89,103)(H,93,115)(H,94,112)(H,95,114)(H,96,116)(H,97,111)(H,98,113)(H,117,118)/t34-,48+,49-,56+,57+,59-,61+,62+,63+,64+,65-,66+,67-,68-,69+,70+,71+,72+,74+,75-,83+,84?,85-/m0/s1. The number of hydrogen-bond acceptors (Lipinski definition) is 31. The molecule has 15 rings (SSSR count). The van der Waals surface area contributed by atoms with Gasteiger partial charge in [-0.3, -0.25) is 33.6 Å². The Bertz CT molecular complexity index is 5280. The molecule has 0 saturated carbocycles. The number of nitrogens with two attached hydrogens (primary N) is 2. The second-order valence-electron chi connectivity index (χ2n) is 32.2. The Morgan fingerprint density at radius 3 is 1.87 bits per heavy atom. The van der Waals surface area contributed by atoms with Gasteiger partial charge < -0.3 is 158 Å². The van der Waals surface area contributed by atoms with Gasteiger partial charge in [0, 0.05) is 47.8 Å². The molecule has 8 heterocycles. The lowest BCUT2D eigenvalue weighted by Crippen LogP contribution is -2.65. The summed E-state index contributed by atoms with van der Waals surface area (Å²) in [6.07, 6.45) is -29.4. The lowest BCUT2D eigenvalue weighted by atomic mass is 9.86. The Morgan fingerprint density at radius 2 is 1.25 bits per heavy atom. The average molecular weight is 1810 g/mol. The summed E-state index contributed by atoms with van der Waals surface area (Å²) in [5, 5.41) is 159. The highest BCUT2D eigenvalue weighted by molar-refractivity contribution is 6.32. The van der Waals surface area contributed by atoms with E-state index in [1.807, 2.05) is 0 Å². The highest BCUT2D eigenvalue weighted by Crippen LogP contribution is 2.50. The van der Waals surface area contributed by atoms with Gasteiger partial charge in [0.2, 0.25) is 53.4 Å². The molecule has 0 radical (unpaired) electrons. The quantitative estimate of drug-likeness (QED) is 0.0486. The van der Waals surface area contributed by atoms with E-state index in [2.05, 4.69) is 42.5 Å². The van der Waals surface area contributed by atoms with Crippen molar-refractivity contribution in [3.63, 3.8) is 0 Å². The average Bonchev–Trinajstić information content (AvgIpc) is 0.761. The van der Waals surface area contributed by atoms with E-state index >= 15 is 24.0 Å². The number of phenolic OH excluding ortho intramolecular Hbond substituents is 3. The number of carbonyl (C=O) groups excluding carboxylic acids is 7. The van der Waals surface area contributed by atoms with Gasteiger partial charge in [-0.15, -0.1) is 0 Å². The smallest absolute Gasteiger partial charge is 0.330 e. The first kappa shape index (κ1) is 93.4. The maximum absolute atomic E-state index is 16.4. The number of aromatic hydroxyl groups is 3. The lowest BCUT2D eigenvalue weighted by Gasteiger charge is -2.46. The van der Waals surface area contributed by atoms with Crippen molar-refractivity contribution in [1.29, 1.82) is 0 Å². The molecular weight excluding hydrogens is 1710 g/mol. The van der Waals surface area contributed by atoms with Crippen molar-refractivity contribution in [3.05, 3.63) is 177 Å². The van der Waals surface area contributed by atoms with Crippen molar-refractivity contribution >= 4 is 70.5 Å². The van der Waals surface area contributed by atoms with Gasteiger partial charge in [0.25, 0.3) is 0 Å². The molecule has 0 aromatic heterocycles. The van der Waals surface area contributed by atoms with Gasteiger partial charge >= 0.3 is 5.97 Å². The van der Waals surface area contributed by atoms with E-state index in [1.54, 1.807) is 38.1 Å². The third kappa shape index (κ3) is 20.8. The van der Waals surface area contributed by atoms with Crippen LogP contribution in [-0.4, -0.2) is 238 Å². The largest absolute Gasteiger partial charge is 0.508 e. The van der Waals surface area contributed by atoms with Crippen LogP contribution in [0.1, 0.15) is 111 Å². The number of carbonyl (C=O) groups is 8. The fraction of sp³-hybridized carbons (Fsp3) is 0.412. The zero-order valence-corrected chi connectivity index (χ0v) is 69.8. The predicted molar refractivity (Wildman–Crippen MR) is 439 cm³/mol. The van der Waals surface area contributed by atoms with E-state index in [-0.39, 0.29) is 43.0 Å². The number of ether oxygens (including phenoxy) is 9. The molecule has 1 unspecified atom stereocenters. The van der Waals surface area contributed by atoms with Crippen LogP contribution in [0, 0.1) is 11.7 Å². The molecule has 24 N–H and O–H groups in total. The number of amides is 7. The number of nitrogens with one attached hydrogen (secondary N) is 8. The SMILES string of the molecule is CN[C@H](CC(C)C)C(=O)N[C@H]1C(=O)N[C@@H](CC(N)=O)C(=O)N[C@H]2C(=O)N[C@H]3C(=O)N[C@H](C(=O)N[C@@H](C(=O)O)c4cc(O)cc(O)c4-c4cc3ccc4O)[C@H](O[C@H]3C[C@](C)(N)[C@@H](O)[C@H](C)O3)c3ccc(c(Cl)c3)Oc3cc2cc(c3OC2O[C@H](CO)[C@@H](O[C@H]3O[C@H](CNCc4ccc(Oc5ccc(F)cc5)cc4)[C@H](O)[C@H](O)[C@H]3O)[C@H](O)[C@H]2O)Oc2ccc(cc2Cl)[C@H]1O. The van der Waals surface area contributed by atoms with Gasteiger partial charge in [-0.1, -0.05) is 67.4 Å². The Morgan fingerprint density at radius 1 is 0.646 bits per heavy atom. The molecule has 0 aliphatic carbocycles. The molecule has 0 spiro atoms. The van der Waals surface area contributed by atoms with E-state index < -0.39 is 290 Å². The van der Waals surface area contributed by atoms with Crippen molar-refractivity contribution in [2.45, 2.75) is 193 Å². The summed E-state index contributed by atoms with van der Waals surface area (Å²) in [6.45, 7) is 5.30. The van der Waals surface area contributed by atoms with Crippen molar-refractivity contribution in [1.82, 2.24) is 42.5 Å². The number of likely N-dealkylation sites (N-methyl/N-ethyl adjacent to an activating group) is 1. The van der Waals surface area contributed by atoms with Crippen molar-refractivity contribution in [3.8, 4) is 68.6 Å². The zero-order valence-electron chi connectivity index (χ0n) is 68.2. The monoisotopic (exact) mass is 1810 g/mol. The van der Waals surface area contributed by atoms with Crippen LogP contribution in [0.5, 0.6) is 57.5 Å². The van der Waals surface area contributed by atoms with E-state index in [4.69, 9.17) is 77.3 Å². The first-order valence-corrected chi connectivity index (χ1v) is 40.9. The van der Waals surface area contributed by atoms with Crippen molar-refractivity contribution in [2.24, 2.45) is 17.4 Å². The number of aliphatic hydroxyl groups is 8. The van der Waals surface area contributed by atoms with Gasteiger partial charge in [-0.2, -0.15) is 0 Å². The highest BCUT2D eigenvalue weighted by Gasteiger charge is 2.53. The minimum Gasteiger partial charge on any atom is -0.508 e. The Kier molecular flexibility index (Phi) is 28.8. The van der Waals surface area contributed by atoms with Crippen LogP contribution in [0.2, 0.25) is 10.0 Å². The fourth-order valence-electron chi connectivity index (χ4n) is 15.7. The van der Waals surface area contributed by atoms with Gasteiger partial charge in [0.15, 0.2) is 30.1 Å². The number of fused-ring (bicyclic) bond motifs is 15. The number of aliphatic carboxylic acids is 1. The number of rotatable bonds is 21. The molecule has 7 amide bonds. The summed E-state index contributed by atoms with van der Waals surface area (Å²) < 4.78 is 70.5. The number of carboxylic acids is 1. The molecule has 680 valence electrons. The number of carboxylic acid groups (broad SMARTS) is 1. The van der Waals surface area contributed by atoms with Crippen molar-refractivity contribution < 1.29 is 147 Å². The van der Waals surface area contributed by atoms with Crippen LogP contribution in [0.15, 0.2) is 127 Å². The third-order valence-electron chi connectivity index (χ3n) is 22.3. The maximum Gasteiger partial charge on any atom is 0.330 e. The summed E-state index contributed by atoms with van der Waals surface area (Å²) >= 11 is 14.5. The minimum absolute atomic E-state index is 0.135. The van der Waals surface area contributed by atoms with Gasteiger partial charge in [0.05, 0.1) is 41.3 Å². The number of aliphatic hydroxyl groups excluding tert-OH is 8. The van der Waals surface area contributed by atoms with E-state index in [1.165, 1.54) is 57.3 Å². The minimum atomic E-state index is -2.43. The number of primary amides is 1. The molecular formula is C85H95Cl2FN10O29. The van der Waals surface area contributed by atoms with Gasteiger partial charge in [-0.25, -0.2) is 9.18 Å². The first-order valence-electron chi connectivity index (χ1n) is 40.1. The number of phenols is 3. The van der Waals surface area contributed by atoms with E-state index in [0.29, 0.717) is 17.1 Å². The zero-order chi connectivity index (χ0) is 91.6. The highest BCUT2D eigenvalue weighted by atomic mass is 35.5. The number of hydrogen-bond donors (Lipinski definition) is 22. The van der Waals surface area contributed by atoms with E-state index in [0.717, 1.165) is 66.7 Å². The molecule has 7 aromatic rings. The molecule has 7 aromatic carbocycles. The van der Waals surface area contributed by atoms with Crippen LogP contribution < -0.4 is 72.9 Å². The second kappa shape index (κ2) is 39.2. The predicted octanol–water partition coefficient (Wildman–Crippen LogP) is 1.66. The van der Waals surface area contributed by atoms with Gasteiger partial charge in [0.1, 0.15) is 137 Å². The summed E-state index contributed by atoms with van der Waals surface area (Å²) in [7, 11) is 1.46. The molecule has 127 heavy (non-hydrogen) atoms. The molecule has 3 saturated heterocycles. The number of benzene rings is 7. The molecule has 3 fully saturated rings. The molecule has 42 heteroatoms. The number of halogens is 3. The van der Waals surface area contributed by atoms with Crippen molar-refractivity contribution in [2.75, 3.05) is 20.2 Å². The lowest BCUT2D eigenvalue weighted by molar-refractivity contribution is -0.350. The molecule has 39 nitrogen and oxygen atoms in total. The second-order valence-corrected chi connectivity index (χ2v) is 33.0. The van der Waals surface area contributed by atoms with Crippen LogP contribution >= 0.6 is 23.2 Å². The molecule has 23 atom stereocenters. The van der Waals surface area contributed by atoms with Crippen LogP contribution in [0.4, 0.5) is 4.39 Å². The van der Waals surface area contributed by atoms with Crippen LogP contribution in [-0.2, 0) is 68.6 Å². The maximum atomic E-state index is 16.4. The summed E-state index contributed by atoms with van der Waals surface area (Å²) in [5.74, 6) is -16.4. The molecule has 11 bridgehead atoms. The first-order chi connectivity index (χ1) is 60.3. The normalized spacial score (nSPS) is 29.4. The fourth-order valence-corrected chi connectivity index (χ4v) is 16.1. The van der Waals surface area contributed by atoms with E-state index in [9.17, 15) is 80.1 Å². The van der Waals surface area contributed by atoms with Crippen LogP contribution in [0.25, 0.3) is 11.1 Å². The van der Waals surface area contributed by atoms with Gasteiger partial charge in [-0.05, 0) is 152 Å². The molecule has 8 aliphatic rings. The summed E-state index contributed by atoms with van der Waals surface area (Å²) in [4.78, 5) is 120. The third-order valence-corrected chi connectivity index (χ3v) is 22.9. The topological polar surface area (TPSA) is 611 Å². The Hall–Kier alpha value is -11.2.